The van der Waals surface area contributed by atoms with Gasteiger partial charge in [0.25, 0.3) is 0 Å². The van der Waals surface area contributed by atoms with Gasteiger partial charge in [0.05, 0.1) is 38.5 Å². The second-order valence-electron chi connectivity index (χ2n) is 8.18. The number of esters is 2. The summed E-state index contributed by atoms with van der Waals surface area (Å²) in [5.74, 6) is -3.19. The minimum Gasteiger partial charge on any atom is -0.497 e. The van der Waals surface area contributed by atoms with E-state index in [4.69, 9.17) is 14.2 Å². The van der Waals surface area contributed by atoms with Crippen molar-refractivity contribution in [1.29, 1.82) is 0 Å². The predicted molar refractivity (Wildman–Crippen MR) is 123 cm³/mol. The van der Waals surface area contributed by atoms with Crippen molar-refractivity contribution >= 4 is 17.7 Å². The molecule has 0 saturated heterocycles. The van der Waals surface area contributed by atoms with Crippen molar-refractivity contribution in [2.45, 2.75) is 25.2 Å². The Labute approximate surface area is 197 Å². The molecule has 0 saturated carbocycles. The molecule has 2 aliphatic rings. The highest BCUT2D eigenvalue weighted by Crippen LogP contribution is 2.47. The molecule has 0 bridgehead atoms. The molecule has 1 aliphatic heterocycles. The van der Waals surface area contributed by atoms with Crippen LogP contribution in [-0.2, 0) is 23.9 Å². The third-order valence-electron chi connectivity index (χ3n) is 6.41. The van der Waals surface area contributed by atoms with Crippen LogP contribution in [-0.4, -0.2) is 44.0 Å². The lowest BCUT2D eigenvalue weighted by Gasteiger charge is -2.39. The Morgan fingerprint density at radius 2 is 1.76 bits per heavy atom. The topological polar surface area (TPSA) is 104 Å². The van der Waals surface area contributed by atoms with Crippen molar-refractivity contribution in [1.82, 2.24) is 10.3 Å². The molecule has 0 spiro atoms. The van der Waals surface area contributed by atoms with Gasteiger partial charge in [-0.2, -0.15) is 0 Å². The summed E-state index contributed by atoms with van der Waals surface area (Å²) in [6.07, 6.45) is 1.98. The van der Waals surface area contributed by atoms with Gasteiger partial charge < -0.3 is 19.5 Å². The number of hydrogen-bond donors (Lipinski definition) is 1. The van der Waals surface area contributed by atoms with Crippen LogP contribution in [0, 0.1) is 5.92 Å². The second-order valence-corrected chi connectivity index (χ2v) is 8.18. The van der Waals surface area contributed by atoms with Crippen LogP contribution in [0.25, 0.3) is 0 Å². The molecule has 2 heterocycles. The first-order valence-electron chi connectivity index (χ1n) is 10.9. The lowest BCUT2D eigenvalue weighted by molar-refractivity contribution is -0.150. The molecular formula is C26H26N2O6. The number of Topliss-reactive ketones (excluding diaryl/α,β-unsaturated/α-hetero) is 1. The van der Waals surface area contributed by atoms with Crippen molar-refractivity contribution < 1.29 is 28.6 Å². The van der Waals surface area contributed by atoms with E-state index in [0.717, 1.165) is 5.56 Å². The quantitative estimate of drug-likeness (QED) is 0.534. The van der Waals surface area contributed by atoms with Crippen molar-refractivity contribution in [3.63, 3.8) is 0 Å². The molecule has 8 nitrogen and oxygen atoms in total. The Kier molecular flexibility index (Phi) is 6.49. The lowest BCUT2D eigenvalue weighted by atomic mass is 9.67. The number of dihydropyridines is 1. The molecule has 176 valence electrons. The standard InChI is InChI=1S/C26H26N2O6/c1-14-20(25(30)33-3)22(18-7-5-6-12-27-18)23-19(28-14)13-17(21(24(23)29)26(31)34-4)15-8-10-16(32-2)11-9-15/h5-12,17,21-22,28H,13H2,1-4H3/t17-,21-,22-/m1/s1. The van der Waals surface area contributed by atoms with Crippen LogP contribution in [0.4, 0.5) is 0 Å². The number of ether oxygens (including phenoxy) is 3. The van der Waals surface area contributed by atoms with Crippen LogP contribution < -0.4 is 10.1 Å². The first-order chi connectivity index (χ1) is 16.4. The Bertz CT molecular complexity index is 1180. The van der Waals surface area contributed by atoms with Crippen molar-refractivity contribution in [2.24, 2.45) is 5.92 Å². The number of pyridine rings is 1. The summed E-state index contributed by atoms with van der Waals surface area (Å²) < 4.78 is 15.3. The minimum absolute atomic E-state index is 0.291. The second kappa shape index (κ2) is 9.51. The lowest BCUT2D eigenvalue weighted by Crippen LogP contribution is -2.43. The summed E-state index contributed by atoms with van der Waals surface area (Å²) in [5, 5.41) is 3.25. The zero-order valence-electron chi connectivity index (χ0n) is 19.5. The van der Waals surface area contributed by atoms with Gasteiger partial charge in [0.1, 0.15) is 11.7 Å². The SMILES string of the molecule is COC(=O)C1=C(C)NC2=C(C(=O)[C@H](C(=O)OC)[C@@H](c3ccc(OC)cc3)C2)[C@@H]1c1ccccn1. The summed E-state index contributed by atoms with van der Waals surface area (Å²) in [6.45, 7) is 1.77. The third kappa shape index (κ3) is 3.96. The minimum atomic E-state index is -1.07. The van der Waals surface area contributed by atoms with Crippen LogP contribution in [0.15, 0.2) is 71.2 Å². The van der Waals surface area contributed by atoms with Crippen molar-refractivity contribution in [3.8, 4) is 5.75 Å². The van der Waals surface area contributed by atoms with Gasteiger partial charge in [-0.1, -0.05) is 18.2 Å². The number of nitrogens with zero attached hydrogens (tertiary/aromatic N) is 1. The van der Waals surface area contributed by atoms with Crippen LogP contribution in [0.2, 0.25) is 0 Å². The zero-order valence-corrected chi connectivity index (χ0v) is 19.5. The molecule has 8 heteroatoms. The molecule has 3 atom stereocenters. The molecule has 4 rings (SSSR count). The number of aromatic nitrogens is 1. The highest BCUT2D eigenvalue weighted by molar-refractivity contribution is 6.13. The highest BCUT2D eigenvalue weighted by atomic mass is 16.5. The molecule has 1 N–H and O–H groups in total. The summed E-state index contributed by atoms with van der Waals surface area (Å²) in [5.41, 5.74) is 3.21. The molecule has 0 unspecified atom stereocenters. The molecule has 1 aliphatic carbocycles. The summed E-state index contributed by atoms with van der Waals surface area (Å²) in [6, 6.07) is 12.6. The summed E-state index contributed by atoms with van der Waals surface area (Å²) in [7, 11) is 4.14. The number of rotatable bonds is 5. The molecule has 0 fully saturated rings. The zero-order chi connectivity index (χ0) is 24.4. The van der Waals surface area contributed by atoms with Gasteiger partial charge in [-0.05, 0) is 43.2 Å². The number of methoxy groups -OCH3 is 3. The van der Waals surface area contributed by atoms with E-state index in [9.17, 15) is 14.4 Å². The number of carbonyl (C=O) groups is 3. The average Bonchev–Trinajstić information content (AvgIpc) is 2.87. The largest absolute Gasteiger partial charge is 0.497 e. The van der Waals surface area contributed by atoms with E-state index in [1.807, 2.05) is 12.1 Å². The Balaban J connectivity index is 1.88. The van der Waals surface area contributed by atoms with Gasteiger partial charge in [-0.3, -0.25) is 14.6 Å². The average molecular weight is 463 g/mol. The van der Waals surface area contributed by atoms with Gasteiger partial charge in [-0.25, -0.2) is 4.79 Å². The van der Waals surface area contributed by atoms with E-state index in [1.165, 1.54) is 14.2 Å². The molecule has 1 aromatic carbocycles. The van der Waals surface area contributed by atoms with Gasteiger partial charge in [-0.15, -0.1) is 0 Å². The van der Waals surface area contributed by atoms with Crippen LogP contribution in [0.1, 0.15) is 36.4 Å². The van der Waals surface area contributed by atoms with Crippen molar-refractivity contribution in [3.05, 3.63) is 82.5 Å². The van der Waals surface area contributed by atoms with Gasteiger partial charge >= 0.3 is 11.9 Å². The molecule has 34 heavy (non-hydrogen) atoms. The van der Waals surface area contributed by atoms with Crippen LogP contribution in [0.3, 0.4) is 0 Å². The maximum absolute atomic E-state index is 14.0. The number of benzene rings is 1. The number of hydrogen-bond acceptors (Lipinski definition) is 8. The maximum atomic E-state index is 14.0. The van der Waals surface area contributed by atoms with Gasteiger partial charge in [0.2, 0.25) is 0 Å². The fraction of sp³-hybridized carbons (Fsp3) is 0.308. The normalized spacial score (nSPS) is 22.0. The molecule has 0 radical (unpaired) electrons. The highest BCUT2D eigenvalue weighted by Gasteiger charge is 2.49. The Morgan fingerprint density at radius 1 is 1.03 bits per heavy atom. The Hall–Kier alpha value is -3.94. The molecule has 2 aromatic rings. The molecular weight excluding hydrogens is 436 g/mol. The van der Waals surface area contributed by atoms with E-state index in [2.05, 4.69) is 10.3 Å². The van der Waals surface area contributed by atoms with E-state index in [1.54, 1.807) is 50.6 Å². The number of allylic oxidation sites excluding steroid dienone is 3. The number of carbonyl (C=O) groups excluding carboxylic acids is 3. The number of ketones is 1. The van der Waals surface area contributed by atoms with E-state index < -0.39 is 35.5 Å². The summed E-state index contributed by atoms with van der Waals surface area (Å²) >= 11 is 0. The van der Waals surface area contributed by atoms with E-state index in [0.29, 0.717) is 40.4 Å². The number of nitrogens with one attached hydrogen (secondary N) is 1. The first-order valence-corrected chi connectivity index (χ1v) is 10.9. The first kappa shape index (κ1) is 23.2. The maximum Gasteiger partial charge on any atom is 0.336 e. The monoisotopic (exact) mass is 462 g/mol. The smallest absolute Gasteiger partial charge is 0.336 e. The van der Waals surface area contributed by atoms with Gasteiger partial charge in [0, 0.05) is 29.1 Å². The predicted octanol–water partition coefficient (Wildman–Crippen LogP) is 3.02. The molecule has 0 amide bonds. The third-order valence-corrected chi connectivity index (χ3v) is 6.41. The fourth-order valence-corrected chi connectivity index (χ4v) is 4.82. The van der Waals surface area contributed by atoms with Gasteiger partial charge in [0.15, 0.2) is 5.78 Å². The molecule has 1 aromatic heterocycles. The van der Waals surface area contributed by atoms with Crippen LogP contribution >= 0.6 is 0 Å². The van der Waals surface area contributed by atoms with Crippen LogP contribution in [0.5, 0.6) is 5.75 Å². The Morgan fingerprint density at radius 3 is 2.35 bits per heavy atom. The van der Waals surface area contributed by atoms with E-state index in [-0.39, 0.29) is 0 Å². The van der Waals surface area contributed by atoms with Crippen molar-refractivity contribution in [2.75, 3.05) is 21.3 Å². The van der Waals surface area contributed by atoms with E-state index >= 15 is 0 Å². The summed E-state index contributed by atoms with van der Waals surface area (Å²) in [4.78, 5) is 44.1. The fourth-order valence-electron chi connectivity index (χ4n) is 4.82.